The first kappa shape index (κ1) is 23.7. The van der Waals surface area contributed by atoms with Crippen LogP contribution in [-0.4, -0.2) is 70.0 Å². The molecule has 35 heavy (non-hydrogen) atoms. The molecule has 9 nitrogen and oxygen atoms in total. The molecule has 4 unspecified atom stereocenters. The van der Waals surface area contributed by atoms with Gasteiger partial charge in [-0.3, -0.25) is 0 Å². The average Bonchev–Trinajstić information content (AvgIpc) is 3.43. The van der Waals surface area contributed by atoms with Crippen molar-refractivity contribution in [2.24, 2.45) is 0 Å². The molecule has 2 N–H and O–H groups in total. The third-order valence-electron chi connectivity index (χ3n) is 6.23. The first-order valence-corrected chi connectivity index (χ1v) is 13.2. The third-order valence-corrected chi connectivity index (χ3v) is 7.61. The average molecular weight is 496 g/mol. The van der Waals surface area contributed by atoms with E-state index < -0.39 is 16.1 Å². The van der Waals surface area contributed by atoms with E-state index >= 15 is 0 Å². The number of benzene rings is 2. The van der Waals surface area contributed by atoms with Crippen molar-refractivity contribution >= 4 is 21.7 Å². The molecule has 2 fully saturated rings. The van der Waals surface area contributed by atoms with Gasteiger partial charge < -0.3 is 19.7 Å². The molecule has 3 aromatic rings. The van der Waals surface area contributed by atoms with Crippen molar-refractivity contribution in [3.8, 4) is 11.3 Å². The zero-order chi connectivity index (χ0) is 24.4. The lowest BCUT2D eigenvalue weighted by molar-refractivity contribution is 0.0690. The zero-order valence-electron chi connectivity index (χ0n) is 19.7. The Labute approximate surface area is 205 Å². The predicted molar refractivity (Wildman–Crippen MR) is 135 cm³/mol. The van der Waals surface area contributed by atoms with Crippen LogP contribution in [0.2, 0.25) is 0 Å². The maximum absolute atomic E-state index is 12.7. The molecular formula is C25H29N5O4S. The predicted octanol–water partition coefficient (Wildman–Crippen LogP) is 2.28. The van der Waals surface area contributed by atoms with Gasteiger partial charge in [0.05, 0.1) is 36.7 Å². The van der Waals surface area contributed by atoms with Crippen LogP contribution in [-0.2, 0) is 25.2 Å². The van der Waals surface area contributed by atoms with Gasteiger partial charge in [-0.1, -0.05) is 42.5 Å². The van der Waals surface area contributed by atoms with E-state index in [-0.39, 0.29) is 30.6 Å². The first-order chi connectivity index (χ1) is 16.9. The van der Waals surface area contributed by atoms with Crippen LogP contribution in [0.5, 0.6) is 0 Å². The zero-order valence-corrected chi connectivity index (χ0v) is 20.5. The molecule has 3 heterocycles. The summed E-state index contributed by atoms with van der Waals surface area (Å²) in [5.41, 5.74) is 3.65. The number of ether oxygens (including phenoxy) is 2. The number of hydrogen-bond donors (Lipinski definition) is 2. The highest BCUT2D eigenvalue weighted by molar-refractivity contribution is 7.88. The van der Waals surface area contributed by atoms with E-state index in [2.05, 4.69) is 20.0 Å². The summed E-state index contributed by atoms with van der Waals surface area (Å²) >= 11 is 0. The van der Waals surface area contributed by atoms with Crippen molar-refractivity contribution in [1.29, 1.82) is 0 Å². The Balaban J connectivity index is 1.22. The molecule has 0 radical (unpaired) electrons. The molecule has 0 spiro atoms. The van der Waals surface area contributed by atoms with Gasteiger partial charge in [-0.15, -0.1) is 0 Å². The maximum atomic E-state index is 12.7. The summed E-state index contributed by atoms with van der Waals surface area (Å²) in [5, 5.41) is 3.32. The molecule has 5 rings (SSSR count). The highest BCUT2D eigenvalue weighted by atomic mass is 32.2. The van der Waals surface area contributed by atoms with Gasteiger partial charge in [-0.25, -0.2) is 23.1 Å². The molecule has 10 heteroatoms. The third kappa shape index (κ3) is 5.46. The van der Waals surface area contributed by atoms with E-state index in [1.165, 1.54) is 0 Å². The number of rotatable bonds is 8. The maximum Gasteiger partial charge on any atom is 0.223 e. The number of aromatic nitrogens is 2. The lowest BCUT2D eigenvalue weighted by Crippen LogP contribution is -2.45. The van der Waals surface area contributed by atoms with E-state index in [1.54, 1.807) is 18.3 Å². The lowest BCUT2D eigenvalue weighted by Gasteiger charge is -2.18. The van der Waals surface area contributed by atoms with Crippen LogP contribution in [0.3, 0.4) is 0 Å². The number of anilines is 2. The second kappa shape index (κ2) is 9.90. The summed E-state index contributed by atoms with van der Waals surface area (Å²) in [6, 6.07) is 18.5. The molecule has 4 atom stereocenters. The Hall–Kier alpha value is -3.05. The quantitative estimate of drug-likeness (QED) is 0.490. The molecule has 2 aliphatic rings. The summed E-state index contributed by atoms with van der Waals surface area (Å²) in [5.74, 6) is 0.393. The van der Waals surface area contributed by atoms with Crippen molar-refractivity contribution in [3.63, 3.8) is 0 Å². The van der Waals surface area contributed by atoms with Crippen LogP contribution < -0.4 is 14.9 Å². The molecule has 2 aromatic carbocycles. The summed E-state index contributed by atoms with van der Waals surface area (Å²) < 4.78 is 40.0. The Bertz CT molecular complexity index is 1250. The van der Waals surface area contributed by atoms with E-state index in [9.17, 15) is 8.42 Å². The SMILES string of the molecule is CN(C)c1ccc(-c2ccnc(NC3COC4C(NS(=O)(=O)Cc5ccccc5)COC34)n2)cc1. The Morgan fingerprint density at radius 2 is 1.63 bits per heavy atom. The van der Waals surface area contributed by atoms with Gasteiger partial charge in [0.2, 0.25) is 16.0 Å². The van der Waals surface area contributed by atoms with Gasteiger partial charge in [-0.2, -0.15) is 0 Å². The molecule has 0 amide bonds. The largest absolute Gasteiger partial charge is 0.378 e. The minimum absolute atomic E-state index is 0.0838. The van der Waals surface area contributed by atoms with Crippen LogP contribution in [0.4, 0.5) is 11.6 Å². The Kier molecular flexibility index (Phi) is 6.70. The topological polar surface area (TPSA) is 106 Å². The van der Waals surface area contributed by atoms with Crippen molar-refractivity contribution in [3.05, 3.63) is 72.4 Å². The number of nitrogens with one attached hydrogen (secondary N) is 2. The number of sulfonamides is 1. The standard InChI is InChI=1S/C25H29N5O4S/c1-30(2)19-10-8-18(9-11-19)20-12-13-26-25(27-20)28-21-14-33-24-22(15-34-23(21)24)29-35(31,32)16-17-6-4-3-5-7-17/h3-13,21-24,29H,14-16H2,1-2H3,(H,26,27,28). The smallest absolute Gasteiger partial charge is 0.223 e. The lowest BCUT2D eigenvalue weighted by atomic mass is 10.1. The van der Waals surface area contributed by atoms with Crippen LogP contribution in [0, 0.1) is 0 Å². The van der Waals surface area contributed by atoms with Gasteiger partial charge in [0.25, 0.3) is 0 Å². The molecule has 0 saturated carbocycles. The Morgan fingerprint density at radius 1 is 0.943 bits per heavy atom. The Morgan fingerprint density at radius 3 is 2.34 bits per heavy atom. The van der Waals surface area contributed by atoms with E-state index in [0.29, 0.717) is 12.6 Å². The fourth-order valence-electron chi connectivity index (χ4n) is 4.48. The number of fused-ring (bicyclic) bond motifs is 1. The van der Waals surface area contributed by atoms with E-state index in [4.69, 9.17) is 9.47 Å². The molecule has 2 saturated heterocycles. The highest BCUT2D eigenvalue weighted by Gasteiger charge is 2.49. The summed E-state index contributed by atoms with van der Waals surface area (Å²) in [6.07, 6.45) is 1.04. The minimum atomic E-state index is -3.54. The van der Waals surface area contributed by atoms with E-state index in [0.717, 1.165) is 22.5 Å². The van der Waals surface area contributed by atoms with Crippen molar-refractivity contribution in [2.45, 2.75) is 30.0 Å². The second-order valence-electron chi connectivity index (χ2n) is 9.02. The summed E-state index contributed by atoms with van der Waals surface area (Å²) in [7, 11) is 0.469. The fourth-order valence-corrected chi connectivity index (χ4v) is 5.85. The number of hydrogen-bond acceptors (Lipinski definition) is 8. The monoisotopic (exact) mass is 495 g/mol. The van der Waals surface area contributed by atoms with Crippen LogP contribution >= 0.6 is 0 Å². The van der Waals surface area contributed by atoms with Crippen molar-refractivity contribution in [2.75, 3.05) is 37.5 Å². The highest BCUT2D eigenvalue weighted by Crippen LogP contribution is 2.30. The van der Waals surface area contributed by atoms with Gasteiger partial charge >= 0.3 is 0 Å². The van der Waals surface area contributed by atoms with Crippen molar-refractivity contribution in [1.82, 2.24) is 14.7 Å². The first-order valence-electron chi connectivity index (χ1n) is 11.5. The van der Waals surface area contributed by atoms with E-state index in [1.807, 2.05) is 67.5 Å². The second-order valence-corrected chi connectivity index (χ2v) is 10.8. The van der Waals surface area contributed by atoms with Crippen LogP contribution in [0.15, 0.2) is 66.9 Å². The molecule has 2 aliphatic heterocycles. The number of nitrogens with zero attached hydrogens (tertiary/aromatic N) is 3. The van der Waals surface area contributed by atoms with Crippen LogP contribution in [0.1, 0.15) is 5.56 Å². The molecule has 0 aliphatic carbocycles. The van der Waals surface area contributed by atoms with Gasteiger partial charge in [0, 0.05) is 31.5 Å². The van der Waals surface area contributed by atoms with Gasteiger partial charge in [0.1, 0.15) is 12.2 Å². The van der Waals surface area contributed by atoms with Gasteiger partial charge in [0.15, 0.2) is 0 Å². The minimum Gasteiger partial charge on any atom is -0.378 e. The summed E-state index contributed by atoms with van der Waals surface area (Å²) in [6.45, 7) is 0.623. The molecule has 184 valence electrons. The molecule has 0 bridgehead atoms. The summed E-state index contributed by atoms with van der Waals surface area (Å²) in [4.78, 5) is 11.1. The normalized spacial score (nSPS) is 23.7. The van der Waals surface area contributed by atoms with Gasteiger partial charge in [-0.05, 0) is 23.8 Å². The van der Waals surface area contributed by atoms with Crippen LogP contribution in [0.25, 0.3) is 11.3 Å². The molecular weight excluding hydrogens is 466 g/mol. The molecule has 1 aromatic heterocycles. The van der Waals surface area contributed by atoms with Crippen molar-refractivity contribution < 1.29 is 17.9 Å². The fraction of sp³-hybridized carbons (Fsp3) is 0.360.